The van der Waals surface area contributed by atoms with Crippen LogP contribution in [0.4, 0.5) is 5.69 Å². The van der Waals surface area contributed by atoms with Crippen LogP contribution in [0.1, 0.15) is 72.9 Å². The second-order valence-electron chi connectivity index (χ2n) is 8.90. The van der Waals surface area contributed by atoms with Gasteiger partial charge in [0, 0.05) is 23.8 Å². The van der Waals surface area contributed by atoms with E-state index in [0.717, 1.165) is 43.6 Å². The van der Waals surface area contributed by atoms with Crippen molar-refractivity contribution >= 4 is 17.5 Å². The Labute approximate surface area is 165 Å². The van der Waals surface area contributed by atoms with E-state index in [9.17, 15) is 9.59 Å². The van der Waals surface area contributed by atoms with Crippen molar-refractivity contribution in [3.63, 3.8) is 0 Å². The smallest absolute Gasteiger partial charge is 0.287 e. The second kappa shape index (κ2) is 6.76. The Morgan fingerprint density at radius 2 is 1.93 bits per heavy atom. The fourth-order valence-electron chi connectivity index (χ4n) is 4.27. The molecule has 148 valence electrons. The minimum Gasteiger partial charge on any atom is -0.345 e. The van der Waals surface area contributed by atoms with Crippen LogP contribution in [-0.4, -0.2) is 32.9 Å². The molecule has 2 aliphatic rings. The minimum atomic E-state index is -0.356. The molecule has 1 unspecified atom stereocenters. The highest BCUT2D eigenvalue weighted by molar-refractivity contribution is 6.08. The molecule has 0 spiro atoms. The Bertz CT molecular complexity index is 938. The number of hydrogen-bond acceptors (Lipinski definition) is 3. The van der Waals surface area contributed by atoms with Crippen molar-refractivity contribution in [3.8, 4) is 0 Å². The Morgan fingerprint density at radius 3 is 2.68 bits per heavy atom. The van der Waals surface area contributed by atoms with Gasteiger partial charge in [0.25, 0.3) is 11.8 Å². The summed E-state index contributed by atoms with van der Waals surface area (Å²) in [7, 11) is 0. The molecule has 0 saturated carbocycles. The minimum absolute atomic E-state index is 0.0812. The lowest BCUT2D eigenvalue weighted by molar-refractivity contribution is 0.0903. The summed E-state index contributed by atoms with van der Waals surface area (Å²) in [5.41, 5.74) is 3.11. The van der Waals surface area contributed by atoms with Gasteiger partial charge in [-0.1, -0.05) is 18.2 Å². The average Bonchev–Trinajstić information content (AvgIpc) is 3.17. The number of imidazole rings is 1. The van der Waals surface area contributed by atoms with Crippen molar-refractivity contribution in [2.45, 2.75) is 71.5 Å². The van der Waals surface area contributed by atoms with Gasteiger partial charge in [0.05, 0.1) is 5.69 Å². The molecule has 0 fully saturated rings. The highest BCUT2D eigenvalue weighted by atomic mass is 16.2. The fraction of sp³-hybridized carbons (Fsp3) is 0.500. The quantitative estimate of drug-likeness (QED) is 0.869. The highest BCUT2D eigenvalue weighted by Crippen LogP contribution is 2.34. The third-order valence-corrected chi connectivity index (χ3v) is 5.44. The first-order valence-electron chi connectivity index (χ1n) is 10.1. The normalized spacial score (nSPS) is 18.6. The van der Waals surface area contributed by atoms with E-state index in [1.807, 2.05) is 48.4 Å². The Kier molecular flexibility index (Phi) is 4.52. The molecule has 1 atom stereocenters. The lowest BCUT2D eigenvalue weighted by atomic mass is 10.1. The van der Waals surface area contributed by atoms with Gasteiger partial charge in [-0.3, -0.25) is 9.59 Å². The molecule has 0 aliphatic carbocycles. The molecule has 0 radical (unpaired) electrons. The molecule has 2 aliphatic heterocycles. The van der Waals surface area contributed by atoms with E-state index in [1.165, 1.54) is 5.56 Å². The summed E-state index contributed by atoms with van der Waals surface area (Å²) in [5.74, 6) is 0.0376. The van der Waals surface area contributed by atoms with Crippen molar-refractivity contribution in [2.75, 3.05) is 4.90 Å². The molecule has 3 heterocycles. The largest absolute Gasteiger partial charge is 0.345 e. The summed E-state index contributed by atoms with van der Waals surface area (Å²) in [6.07, 6.45) is 3.63. The van der Waals surface area contributed by atoms with Crippen LogP contribution in [0, 0.1) is 0 Å². The summed E-state index contributed by atoms with van der Waals surface area (Å²) in [4.78, 5) is 32.8. The van der Waals surface area contributed by atoms with Crippen LogP contribution < -0.4 is 10.2 Å². The van der Waals surface area contributed by atoms with E-state index in [-0.39, 0.29) is 23.4 Å². The first-order chi connectivity index (χ1) is 13.3. The van der Waals surface area contributed by atoms with Gasteiger partial charge in [0.15, 0.2) is 11.5 Å². The van der Waals surface area contributed by atoms with Crippen molar-refractivity contribution < 1.29 is 9.59 Å². The van der Waals surface area contributed by atoms with E-state index in [2.05, 4.69) is 23.3 Å². The number of hydrogen-bond donors (Lipinski definition) is 1. The van der Waals surface area contributed by atoms with E-state index >= 15 is 0 Å². The number of nitrogens with zero attached hydrogens (tertiary/aromatic N) is 3. The number of aromatic nitrogens is 2. The van der Waals surface area contributed by atoms with E-state index in [4.69, 9.17) is 0 Å². The standard InChI is InChI=1S/C22H28N4O2/c1-14-13-15-9-5-6-10-16(15)26(14)21(28)18-17-11-7-8-12-25(17)19(23-18)20(27)24-22(2,3)4/h5-6,9-10,14H,7-8,11-13H2,1-4H3,(H,24,27). The van der Waals surface area contributed by atoms with Crippen LogP contribution in [0.2, 0.25) is 0 Å². The van der Waals surface area contributed by atoms with Crippen LogP contribution in [0.25, 0.3) is 0 Å². The Balaban J connectivity index is 1.74. The number of para-hydroxylation sites is 1. The molecule has 1 aromatic heterocycles. The summed E-state index contributed by atoms with van der Waals surface area (Å²) < 4.78 is 1.95. The summed E-state index contributed by atoms with van der Waals surface area (Å²) in [6.45, 7) is 8.63. The molecule has 0 bridgehead atoms. The zero-order valence-corrected chi connectivity index (χ0v) is 17.1. The maximum Gasteiger partial charge on any atom is 0.287 e. The molecule has 6 heteroatoms. The molecule has 1 N–H and O–H groups in total. The number of carbonyl (C=O) groups is 2. The number of anilines is 1. The molecular weight excluding hydrogens is 352 g/mol. The van der Waals surface area contributed by atoms with Gasteiger partial charge >= 0.3 is 0 Å². The van der Waals surface area contributed by atoms with Gasteiger partial charge < -0.3 is 14.8 Å². The predicted molar refractivity (Wildman–Crippen MR) is 109 cm³/mol. The summed E-state index contributed by atoms with van der Waals surface area (Å²) >= 11 is 0. The van der Waals surface area contributed by atoms with Gasteiger partial charge in [0.2, 0.25) is 0 Å². The third-order valence-electron chi connectivity index (χ3n) is 5.44. The molecular formula is C22H28N4O2. The first kappa shape index (κ1) is 18.7. The molecule has 28 heavy (non-hydrogen) atoms. The van der Waals surface area contributed by atoms with E-state index in [0.29, 0.717) is 11.5 Å². The Morgan fingerprint density at radius 1 is 1.18 bits per heavy atom. The average molecular weight is 380 g/mol. The van der Waals surface area contributed by atoms with Gasteiger partial charge in [-0.2, -0.15) is 0 Å². The van der Waals surface area contributed by atoms with Crippen LogP contribution >= 0.6 is 0 Å². The molecule has 4 rings (SSSR count). The molecule has 1 aromatic carbocycles. The number of nitrogens with one attached hydrogen (secondary N) is 1. The van der Waals surface area contributed by atoms with Crippen LogP contribution in [0.3, 0.4) is 0 Å². The number of fused-ring (bicyclic) bond motifs is 2. The monoisotopic (exact) mass is 380 g/mol. The van der Waals surface area contributed by atoms with Crippen LogP contribution in [-0.2, 0) is 19.4 Å². The third kappa shape index (κ3) is 3.21. The van der Waals surface area contributed by atoms with Gasteiger partial charge in [-0.25, -0.2) is 4.98 Å². The predicted octanol–water partition coefficient (Wildman–Crippen LogP) is 3.34. The molecule has 2 aromatic rings. The Hall–Kier alpha value is -2.63. The first-order valence-corrected chi connectivity index (χ1v) is 10.1. The van der Waals surface area contributed by atoms with Gasteiger partial charge in [0.1, 0.15) is 0 Å². The molecule has 6 nitrogen and oxygen atoms in total. The van der Waals surface area contributed by atoms with Crippen molar-refractivity contribution in [1.29, 1.82) is 0 Å². The number of benzene rings is 1. The van der Waals surface area contributed by atoms with E-state index in [1.54, 1.807) is 0 Å². The van der Waals surface area contributed by atoms with Crippen LogP contribution in [0.15, 0.2) is 24.3 Å². The van der Waals surface area contributed by atoms with Crippen LogP contribution in [0.5, 0.6) is 0 Å². The summed E-state index contributed by atoms with van der Waals surface area (Å²) in [6, 6.07) is 8.11. The number of rotatable bonds is 2. The fourth-order valence-corrected chi connectivity index (χ4v) is 4.27. The number of amides is 2. The second-order valence-corrected chi connectivity index (χ2v) is 8.90. The van der Waals surface area contributed by atoms with Crippen molar-refractivity contribution in [3.05, 3.63) is 47.0 Å². The highest BCUT2D eigenvalue weighted by Gasteiger charge is 2.36. The zero-order valence-electron chi connectivity index (χ0n) is 17.1. The SMILES string of the molecule is CC1Cc2ccccc2N1C(=O)c1nc(C(=O)NC(C)(C)C)n2c1CCCC2. The lowest BCUT2D eigenvalue weighted by Gasteiger charge is -2.23. The maximum atomic E-state index is 13.5. The van der Waals surface area contributed by atoms with E-state index < -0.39 is 0 Å². The van der Waals surface area contributed by atoms with Crippen molar-refractivity contribution in [1.82, 2.24) is 14.9 Å². The van der Waals surface area contributed by atoms with Gasteiger partial charge in [-0.15, -0.1) is 0 Å². The molecule has 2 amide bonds. The maximum absolute atomic E-state index is 13.5. The zero-order chi connectivity index (χ0) is 20.1. The topological polar surface area (TPSA) is 67.2 Å². The number of carbonyl (C=O) groups excluding carboxylic acids is 2. The summed E-state index contributed by atoms with van der Waals surface area (Å²) in [5, 5.41) is 2.98. The van der Waals surface area contributed by atoms with Crippen molar-refractivity contribution in [2.24, 2.45) is 0 Å². The molecule has 0 saturated heterocycles. The van der Waals surface area contributed by atoms with Gasteiger partial charge in [-0.05, 0) is 65.0 Å². The lowest BCUT2D eigenvalue weighted by Crippen LogP contribution is -2.42.